The van der Waals surface area contributed by atoms with Gasteiger partial charge in [0.15, 0.2) is 6.29 Å². The molecule has 2 nitrogen and oxygen atoms in total. The molecule has 0 radical (unpaired) electrons. The van der Waals surface area contributed by atoms with Crippen LogP contribution in [0.3, 0.4) is 0 Å². The predicted octanol–water partition coefficient (Wildman–Crippen LogP) is 8.91. The number of halogens is 1. The summed E-state index contributed by atoms with van der Waals surface area (Å²) >= 11 is 6.91. The van der Waals surface area contributed by atoms with Crippen LogP contribution in [-0.4, -0.2) is 24.9 Å². The highest BCUT2D eigenvalue weighted by molar-refractivity contribution is 6.18. The van der Waals surface area contributed by atoms with Gasteiger partial charge in [-0.1, -0.05) is 51.7 Å². The molecular weight excluding hydrogens is 440 g/mol. The standard InChI is InChI=1S/C31H51ClO2/c1-22(2)8-4-5-9-23-12-14-27-26-13-11-24-20-25(34-29-10-6-7-19-33-29)15-18-31(24,21-32)28(26)16-17-30(23,27)3/h11,22-23,25-29H,4-10,12-21H2,1-3H3. The molecule has 34 heavy (non-hydrogen) atoms. The van der Waals surface area contributed by atoms with Gasteiger partial charge in [0.05, 0.1) is 6.10 Å². The van der Waals surface area contributed by atoms with Gasteiger partial charge in [-0.15, -0.1) is 11.6 Å². The molecule has 194 valence electrons. The Morgan fingerprint density at radius 1 is 1.06 bits per heavy atom. The minimum atomic E-state index is 0.0329. The summed E-state index contributed by atoms with van der Waals surface area (Å²) in [5.74, 6) is 5.21. The zero-order valence-corrected chi connectivity index (χ0v) is 23.1. The fourth-order valence-corrected chi connectivity index (χ4v) is 9.85. The second kappa shape index (κ2) is 10.7. The van der Waals surface area contributed by atoms with Gasteiger partial charge in [0, 0.05) is 17.9 Å². The first-order valence-corrected chi connectivity index (χ1v) is 15.5. The van der Waals surface area contributed by atoms with Gasteiger partial charge < -0.3 is 9.47 Å². The van der Waals surface area contributed by atoms with Crippen molar-refractivity contribution in [3.8, 4) is 0 Å². The SMILES string of the molecule is CC(C)CCCCC1CCC2C3CC=C4CC(OC5CCCCO5)CCC4(CCl)C3CCC12C. The molecule has 3 heteroatoms. The number of hydrogen-bond acceptors (Lipinski definition) is 2. The van der Waals surface area contributed by atoms with E-state index in [9.17, 15) is 0 Å². The lowest BCUT2D eigenvalue weighted by atomic mass is 9.47. The highest BCUT2D eigenvalue weighted by atomic mass is 35.5. The number of hydrogen-bond donors (Lipinski definition) is 0. The topological polar surface area (TPSA) is 18.5 Å². The summed E-state index contributed by atoms with van der Waals surface area (Å²) < 4.78 is 12.4. The van der Waals surface area contributed by atoms with Crippen LogP contribution in [0.5, 0.6) is 0 Å². The van der Waals surface area contributed by atoms with Gasteiger partial charge in [0.25, 0.3) is 0 Å². The lowest BCUT2D eigenvalue weighted by Crippen LogP contribution is -2.52. The molecular formula is C31H51ClO2. The van der Waals surface area contributed by atoms with E-state index in [1.54, 1.807) is 5.57 Å². The summed E-state index contributed by atoms with van der Waals surface area (Å²) in [5.41, 5.74) is 2.48. The molecule has 0 spiro atoms. The van der Waals surface area contributed by atoms with Gasteiger partial charge >= 0.3 is 0 Å². The minimum absolute atomic E-state index is 0.0329. The zero-order valence-electron chi connectivity index (χ0n) is 22.3. The molecule has 5 rings (SSSR count). The third kappa shape index (κ3) is 4.79. The lowest BCUT2D eigenvalue weighted by Gasteiger charge is -2.59. The van der Waals surface area contributed by atoms with Crippen molar-refractivity contribution in [3.63, 3.8) is 0 Å². The van der Waals surface area contributed by atoms with E-state index < -0.39 is 0 Å². The summed E-state index contributed by atoms with van der Waals surface area (Å²) in [6.07, 6.45) is 22.8. The zero-order chi connectivity index (χ0) is 23.8. The molecule has 0 bridgehead atoms. The molecule has 8 unspecified atom stereocenters. The van der Waals surface area contributed by atoms with Gasteiger partial charge in [-0.2, -0.15) is 0 Å². The van der Waals surface area contributed by atoms with Crippen molar-refractivity contribution in [3.05, 3.63) is 11.6 Å². The second-order valence-electron chi connectivity index (χ2n) is 13.4. The van der Waals surface area contributed by atoms with E-state index in [-0.39, 0.29) is 11.7 Å². The normalized spacial score (nSPS) is 44.3. The first kappa shape index (κ1) is 25.6. The van der Waals surface area contributed by atoms with Crippen LogP contribution in [0.1, 0.15) is 117 Å². The van der Waals surface area contributed by atoms with E-state index in [0.717, 1.165) is 61.3 Å². The Bertz CT molecular complexity index is 712. The van der Waals surface area contributed by atoms with Crippen molar-refractivity contribution in [2.45, 2.75) is 129 Å². The lowest BCUT2D eigenvalue weighted by molar-refractivity contribution is -0.195. The van der Waals surface area contributed by atoms with Crippen molar-refractivity contribution in [1.82, 2.24) is 0 Å². The van der Waals surface area contributed by atoms with Crippen molar-refractivity contribution in [2.24, 2.45) is 40.4 Å². The highest BCUT2D eigenvalue weighted by Gasteiger charge is 2.59. The molecule has 1 heterocycles. The fraction of sp³-hybridized carbons (Fsp3) is 0.935. The van der Waals surface area contributed by atoms with Crippen molar-refractivity contribution >= 4 is 11.6 Å². The number of ether oxygens (including phenoxy) is 2. The summed E-state index contributed by atoms with van der Waals surface area (Å²) in [6, 6.07) is 0. The summed E-state index contributed by atoms with van der Waals surface area (Å²) in [5, 5.41) is 0. The van der Waals surface area contributed by atoms with Crippen LogP contribution >= 0.6 is 11.6 Å². The molecule has 4 fully saturated rings. The number of unbranched alkanes of at least 4 members (excludes halogenated alkanes) is 1. The van der Waals surface area contributed by atoms with Crippen LogP contribution in [0.25, 0.3) is 0 Å². The Kier molecular flexibility index (Phi) is 8.09. The molecule has 8 atom stereocenters. The van der Waals surface area contributed by atoms with Gasteiger partial charge in [0.1, 0.15) is 0 Å². The quantitative estimate of drug-likeness (QED) is 0.192. The maximum atomic E-state index is 6.91. The van der Waals surface area contributed by atoms with Crippen molar-refractivity contribution in [2.75, 3.05) is 12.5 Å². The van der Waals surface area contributed by atoms with E-state index in [1.165, 1.54) is 77.0 Å². The van der Waals surface area contributed by atoms with Gasteiger partial charge in [0.2, 0.25) is 0 Å². The van der Waals surface area contributed by atoms with Crippen LogP contribution in [0.2, 0.25) is 0 Å². The van der Waals surface area contributed by atoms with Crippen molar-refractivity contribution in [1.29, 1.82) is 0 Å². The van der Waals surface area contributed by atoms with Crippen LogP contribution in [-0.2, 0) is 9.47 Å². The maximum absolute atomic E-state index is 6.91. The van der Waals surface area contributed by atoms with E-state index in [4.69, 9.17) is 21.1 Å². The Morgan fingerprint density at radius 3 is 2.71 bits per heavy atom. The highest BCUT2D eigenvalue weighted by Crippen LogP contribution is 2.67. The van der Waals surface area contributed by atoms with Crippen molar-refractivity contribution < 1.29 is 9.47 Å². The molecule has 1 saturated heterocycles. The number of alkyl halides is 1. The Labute approximate surface area is 214 Å². The molecule has 5 aliphatic rings. The van der Waals surface area contributed by atoms with Gasteiger partial charge in [-0.05, 0) is 112 Å². The Balaban J connectivity index is 1.25. The third-order valence-electron chi connectivity index (χ3n) is 11.3. The van der Waals surface area contributed by atoms with E-state index >= 15 is 0 Å². The molecule has 0 N–H and O–H groups in total. The second-order valence-corrected chi connectivity index (χ2v) is 13.7. The van der Waals surface area contributed by atoms with E-state index in [0.29, 0.717) is 11.5 Å². The number of allylic oxidation sites excluding steroid dienone is 1. The monoisotopic (exact) mass is 490 g/mol. The van der Waals surface area contributed by atoms with Crippen LogP contribution in [0, 0.1) is 40.4 Å². The summed E-state index contributed by atoms with van der Waals surface area (Å²) in [7, 11) is 0. The molecule has 0 amide bonds. The average Bonchev–Trinajstić information content (AvgIpc) is 3.18. The predicted molar refractivity (Wildman–Crippen MR) is 142 cm³/mol. The molecule has 0 aromatic rings. The molecule has 0 aromatic carbocycles. The first-order chi connectivity index (χ1) is 16.5. The van der Waals surface area contributed by atoms with Crippen LogP contribution in [0.15, 0.2) is 11.6 Å². The largest absolute Gasteiger partial charge is 0.353 e. The maximum Gasteiger partial charge on any atom is 0.157 e. The minimum Gasteiger partial charge on any atom is -0.353 e. The molecule has 1 aliphatic heterocycles. The van der Waals surface area contributed by atoms with Gasteiger partial charge in [-0.25, -0.2) is 0 Å². The number of fused-ring (bicyclic) bond motifs is 5. The Morgan fingerprint density at radius 2 is 1.94 bits per heavy atom. The first-order valence-electron chi connectivity index (χ1n) is 15.0. The van der Waals surface area contributed by atoms with E-state index in [2.05, 4.69) is 26.8 Å². The fourth-order valence-electron chi connectivity index (χ4n) is 9.35. The van der Waals surface area contributed by atoms with Crippen LogP contribution < -0.4 is 0 Å². The molecule has 3 saturated carbocycles. The molecule has 0 aromatic heterocycles. The van der Waals surface area contributed by atoms with E-state index in [1.807, 2.05) is 0 Å². The number of rotatable bonds is 8. The third-order valence-corrected chi connectivity index (χ3v) is 11.8. The average molecular weight is 491 g/mol. The van der Waals surface area contributed by atoms with Crippen LogP contribution in [0.4, 0.5) is 0 Å². The summed E-state index contributed by atoms with van der Waals surface area (Å²) in [4.78, 5) is 0. The smallest absolute Gasteiger partial charge is 0.157 e. The summed E-state index contributed by atoms with van der Waals surface area (Å²) in [6.45, 7) is 8.30. The van der Waals surface area contributed by atoms with Gasteiger partial charge in [-0.3, -0.25) is 0 Å². The molecule has 4 aliphatic carbocycles. The Hall–Kier alpha value is -0.0500.